The van der Waals surface area contributed by atoms with Crippen LogP contribution in [0.25, 0.3) is 0 Å². The van der Waals surface area contributed by atoms with E-state index in [2.05, 4.69) is 15.8 Å². The fraction of sp³-hybridized carbons (Fsp3) is 0.353. The van der Waals surface area contributed by atoms with Crippen molar-refractivity contribution in [3.05, 3.63) is 40.6 Å². The lowest BCUT2D eigenvalue weighted by Gasteiger charge is -2.22. The zero-order valence-electron chi connectivity index (χ0n) is 14.4. The SMILES string of the molecule is CCCN(CC(=O)Nc1cc(C)on1)C(=O)Nc1ccc(C)c(Cl)c1. The second-order valence-corrected chi connectivity index (χ2v) is 6.09. The summed E-state index contributed by atoms with van der Waals surface area (Å²) < 4.78 is 4.90. The van der Waals surface area contributed by atoms with E-state index in [0.717, 1.165) is 12.0 Å². The smallest absolute Gasteiger partial charge is 0.322 e. The lowest BCUT2D eigenvalue weighted by atomic mass is 10.2. The van der Waals surface area contributed by atoms with E-state index >= 15 is 0 Å². The van der Waals surface area contributed by atoms with Gasteiger partial charge in [0.15, 0.2) is 5.82 Å². The molecule has 25 heavy (non-hydrogen) atoms. The van der Waals surface area contributed by atoms with Crippen LogP contribution in [-0.2, 0) is 4.79 Å². The average molecular weight is 365 g/mol. The maximum atomic E-state index is 12.4. The summed E-state index contributed by atoms with van der Waals surface area (Å²) in [6.45, 7) is 5.89. The van der Waals surface area contributed by atoms with Crippen LogP contribution in [0.4, 0.5) is 16.3 Å². The quantitative estimate of drug-likeness (QED) is 0.815. The molecule has 7 nitrogen and oxygen atoms in total. The second kappa shape index (κ2) is 8.53. The predicted octanol–water partition coefficient (Wildman–Crippen LogP) is 3.83. The molecular weight excluding hydrogens is 344 g/mol. The number of rotatable bonds is 6. The molecule has 134 valence electrons. The molecule has 0 aliphatic heterocycles. The molecule has 0 spiro atoms. The van der Waals surface area contributed by atoms with Gasteiger partial charge in [-0.15, -0.1) is 0 Å². The number of amides is 3. The summed E-state index contributed by atoms with van der Waals surface area (Å²) in [6, 6.07) is 6.50. The van der Waals surface area contributed by atoms with Gasteiger partial charge in [0, 0.05) is 23.3 Å². The van der Waals surface area contributed by atoms with E-state index in [9.17, 15) is 9.59 Å². The molecule has 0 atom stereocenters. The molecule has 0 aliphatic carbocycles. The average Bonchev–Trinajstić information content (AvgIpc) is 2.95. The molecule has 0 saturated carbocycles. The molecule has 2 aromatic rings. The van der Waals surface area contributed by atoms with E-state index in [4.69, 9.17) is 16.1 Å². The minimum atomic E-state index is -0.367. The number of anilines is 2. The van der Waals surface area contributed by atoms with Gasteiger partial charge in [0.25, 0.3) is 0 Å². The zero-order chi connectivity index (χ0) is 18.4. The summed E-state index contributed by atoms with van der Waals surface area (Å²) in [5.74, 6) is 0.568. The van der Waals surface area contributed by atoms with Crippen molar-refractivity contribution in [2.75, 3.05) is 23.7 Å². The number of halogens is 1. The number of nitrogens with one attached hydrogen (secondary N) is 2. The van der Waals surface area contributed by atoms with Crippen molar-refractivity contribution in [3.63, 3.8) is 0 Å². The number of carbonyl (C=O) groups is 2. The van der Waals surface area contributed by atoms with Crippen LogP contribution in [0.2, 0.25) is 5.02 Å². The lowest BCUT2D eigenvalue weighted by Crippen LogP contribution is -2.41. The molecule has 2 rings (SSSR count). The number of aryl methyl sites for hydroxylation is 2. The van der Waals surface area contributed by atoms with E-state index in [-0.39, 0.29) is 18.5 Å². The van der Waals surface area contributed by atoms with Gasteiger partial charge in [-0.1, -0.05) is 29.7 Å². The standard InChI is InChI=1S/C17H21ClN4O3/c1-4-7-22(10-16(23)20-15-8-12(3)25-21-15)17(24)19-13-6-5-11(2)14(18)9-13/h5-6,8-9H,4,7,10H2,1-3H3,(H,19,24)(H,20,21,23). The number of carbonyl (C=O) groups excluding carboxylic acids is 2. The van der Waals surface area contributed by atoms with Crippen LogP contribution < -0.4 is 10.6 Å². The Balaban J connectivity index is 1.99. The van der Waals surface area contributed by atoms with Crippen molar-refractivity contribution >= 4 is 35.0 Å². The Morgan fingerprint density at radius 2 is 2.00 bits per heavy atom. The number of hydrogen-bond acceptors (Lipinski definition) is 4. The van der Waals surface area contributed by atoms with Crippen molar-refractivity contribution in [1.82, 2.24) is 10.1 Å². The number of aromatic nitrogens is 1. The highest BCUT2D eigenvalue weighted by molar-refractivity contribution is 6.31. The van der Waals surface area contributed by atoms with Crippen LogP contribution in [0.1, 0.15) is 24.7 Å². The third-order valence-corrected chi connectivity index (χ3v) is 3.84. The highest BCUT2D eigenvalue weighted by Gasteiger charge is 2.17. The van der Waals surface area contributed by atoms with Gasteiger partial charge in [0.05, 0.1) is 0 Å². The van der Waals surface area contributed by atoms with Crippen LogP contribution in [0.15, 0.2) is 28.8 Å². The summed E-state index contributed by atoms with van der Waals surface area (Å²) in [6.07, 6.45) is 0.721. The monoisotopic (exact) mass is 364 g/mol. The Bertz CT molecular complexity index is 760. The molecule has 1 heterocycles. The van der Waals surface area contributed by atoms with Gasteiger partial charge in [-0.25, -0.2) is 4.79 Å². The fourth-order valence-corrected chi connectivity index (χ4v) is 2.36. The lowest BCUT2D eigenvalue weighted by molar-refractivity contribution is -0.116. The van der Waals surface area contributed by atoms with Gasteiger partial charge < -0.3 is 20.1 Å². The Hall–Kier alpha value is -2.54. The molecule has 0 saturated heterocycles. The number of nitrogens with zero attached hydrogens (tertiary/aromatic N) is 2. The van der Waals surface area contributed by atoms with Crippen molar-refractivity contribution in [2.24, 2.45) is 0 Å². The molecule has 1 aromatic heterocycles. The van der Waals surface area contributed by atoms with Gasteiger partial charge in [-0.05, 0) is 38.0 Å². The summed E-state index contributed by atoms with van der Waals surface area (Å²) in [4.78, 5) is 26.0. The number of hydrogen-bond donors (Lipinski definition) is 2. The Labute approximate surface area is 151 Å². The maximum absolute atomic E-state index is 12.4. The fourth-order valence-electron chi connectivity index (χ4n) is 2.18. The van der Waals surface area contributed by atoms with Gasteiger partial charge in [0.2, 0.25) is 5.91 Å². The van der Waals surface area contributed by atoms with Crippen molar-refractivity contribution in [2.45, 2.75) is 27.2 Å². The highest BCUT2D eigenvalue weighted by atomic mass is 35.5. The Morgan fingerprint density at radius 1 is 1.24 bits per heavy atom. The van der Waals surface area contributed by atoms with Gasteiger partial charge in [-0.3, -0.25) is 4.79 Å². The van der Waals surface area contributed by atoms with Gasteiger partial charge >= 0.3 is 6.03 Å². The van der Waals surface area contributed by atoms with Crippen LogP contribution in [0.3, 0.4) is 0 Å². The molecule has 0 bridgehead atoms. The molecule has 0 aliphatic rings. The second-order valence-electron chi connectivity index (χ2n) is 5.69. The number of benzene rings is 1. The van der Waals surface area contributed by atoms with Crippen LogP contribution >= 0.6 is 11.6 Å². The highest BCUT2D eigenvalue weighted by Crippen LogP contribution is 2.20. The van der Waals surface area contributed by atoms with Crippen molar-refractivity contribution < 1.29 is 14.1 Å². The Morgan fingerprint density at radius 3 is 2.60 bits per heavy atom. The van der Waals surface area contributed by atoms with Gasteiger partial charge in [0.1, 0.15) is 12.3 Å². The third-order valence-electron chi connectivity index (χ3n) is 3.43. The summed E-state index contributed by atoms with van der Waals surface area (Å²) >= 11 is 6.07. The van der Waals surface area contributed by atoms with E-state index in [1.54, 1.807) is 25.1 Å². The van der Waals surface area contributed by atoms with Crippen molar-refractivity contribution in [1.29, 1.82) is 0 Å². The normalized spacial score (nSPS) is 10.4. The summed E-state index contributed by atoms with van der Waals surface area (Å²) in [5.41, 5.74) is 1.50. The first-order valence-electron chi connectivity index (χ1n) is 7.94. The first-order chi connectivity index (χ1) is 11.9. The first-order valence-corrected chi connectivity index (χ1v) is 8.32. The summed E-state index contributed by atoms with van der Waals surface area (Å²) in [7, 11) is 0. The molecular formula is C17H21ClN4O3. The molecule has 1 aromatic carbocycles. The van der Waals surface area contributed by atoms with Crippen molar-refractivity contribution in [3.8, 4) is 0 Å². The van der Waals surface area contributed by atoms with E-state index in [1.165, 1.54) is 4.90 Å². The summed E-state index contributed by atoms with van der Waals surface area (Å²) in [5, 5.41) is 9.62. The Kier molecular flexibility index (Phi) is 6.41. The van der Waals surface area contributed by atoms with Crippen LogP contribution in [-0.4, -0.2) is 35.1 Å². The minimum absolute atomic E-state index is 0.0921. The molecule has 3 amide bonds. The third kappa shape index (κ3) is 5.49. The van der Waals surface area contributed by atoms with Crippen LogP contribution in [0, 0.1) is 13.8 Å². The van der Waals surface area contributed by atoms with Gasteiger partial charge in [-0.2, -0.15) is 0 Å². The largest absolute Gasteiger partial charge is 0.360 e. The molecule has 0 unspecified atom stereocenters. The molecule has 0 radical (unpaired) electrons. The molecule has 8 heteroatoms. The number of urea groups is 1. The van der Waals surface area contributed by atoms with E-state index in [0.29, 0.717) is 28.8 Å². The van der Waals surface area contributed by atoms with E-state index in [1.807, 2.05) is 19.9 Å². The maximum Gasteiger partial charge on any atom is 0.322 e. The minimum Gasteiger partial charge on any atom is -0.360 e. The predicted molar refractivity (Wildman–Crippen MR) is 96.9 cm³/mol. The molecule has 0 fully saturated rings. The topological polar surface area (TPSA) is 87.5 Å². The van der Waals surface area contributed by atoms with E-state index < -0.39 is 0 Å². The first kappa shape index (κ1) is 18.8. The van der Waals surface area contributed by atoms with Crippen LogP contribution in [0.5, 0.6) is 0 Å². The molecule has 2 N–H and O–H groups in total. The zero-order valence-corrected chi connectivity index (χ0v) is 15.2.